The molecule has 0 fully saturated rings. The maximum absolute atomic E-state index is 12.3. The highest BCUT2D eigenvalue weighted by Crippen LogP contribution is 2.39. The molecule has 0 spiro atoms. The van der Waals surface area contributed by atoms with E-state index >= 15 is 0 Å². The van der Waals surface area contributed by atoms with Crippen LogP contribution in [0.15, 0.2) is 22.9 Å². The van der Waals surface area contributed by atoms with E-state index in [1.54, 1.807) is 0 Å². The number of hydrogen-bond donors (Lipinski definition) is 1. The van der Waals surface area contributed by atoms with Crippen molar-refractivity contribution in [1.29, 1.82) is 0 Å². The van der Waals surface area contributed by atoms with Gasteiger partial charge in [-0.1, -0.05) is 5.16 Å². The molecular weight excluding hydrogens is 229 g/mol. The second-order valence-electron chi connectivity index (χ2n) is 2.77. The summed E-state index contributed by atoms with van der Waals surface area (Å²) >= 11 is 0.573. The number of hydrogen-bond acceptors (Lipinski definition) is 4. The molecular formula is C8H5F3N2OS. The first kappa shape index (κ1) is 10.0. The zero-order chi connectivity index (χ0) is 11.1. The molecule has 7 heteroatoms. The quantitative estimate of drug-likeness (QED) is 0.825. The molecule has 2 rings (SSSR count). The molecule has 0 aliphatic heterocycles. The Bertz CT molecular complexity index is 474. The van der Waals surface area contributed by atoms with Crippen molar-refractivity contribution in [3.05, 3.63) is 23.2 Å². The van der Waals surface area contributed by atoms with Crippen LogP contribution in [-0.4, -0.2) is 5.16 Å². The average molecular weight is 234 g/mol. The Morgan fingerprint density at radius 1 is 1.33 bits per heavy atom. The van der Waals surface area contributed by atoms with E-state index in [0.29, 0.717) is 16.2 Å². The number of alkyl halides is 3. The van der Waals surface area contributed by atoms with Crippen molar-refractivity contribution in [3.8, 4) is 10.6 Å². The fourth-order valence-electron chi connectivity index (χ4n) is 1.05. The lowest BCUT2D eigenvalue weighted by molar-refractivity contribution is -0.134. The van der Waals surface area contributed by atoms with Gasteiger partial charge in [0.1, 0.15) is 10.6 Å². The van der Waals surface area contributed by atoms with Gasteiger partial charge in [-0.3, -0.25) is 0 Å². The van der Waals surface area contributed by atoms with E-state index in [4.69, 9.17) is 10.3 Å². The minimum Gasteiger partial charge on any atom is -0.394 e. The van der Waals surface area contributed by atoms with Crippen molar-refractivity contribution in [3.63, 3.8) is 0 Å². The number of aromatic nitrogens is 1. The molecule has 0 saturated heterocycles. The maximum atomic E-state index is 12.3. The Kier molecular flexibility index (Phi) is 2.18. The van der Waals surface area contributed by atoms with Crippen LogP contribution >= 0.6 is 11.3 Å². The molecule has 80 valence electrons. The summed E-state index contributed by atoms with van der Waals surface area (Å²) in [5, 5.41) is 3.39. The zero-order valence-electron chi connectivity index (χ0n) is 7.21. The van der Waals surface area contributed by atoms with Crippen LogP contribution in [0.4, 0.5) is 18.9 Å². The lowest BCUT2D eigenvalue weighted by Gasteiger charge is -2.00. The fourth-order valence-corrected chi connectivity index (χ4v) is 1.92. The average Bonchev–Trinajstić information content (AvgIpc) is 2.69. The van der Waals surface area contributed by atoms with Gasteiger partial charge in [-0.05, 0) is 12.1 Å². The number of halogens is 3. The summed E-state index contributed by atoms with van der Waals surface area (Å²) in [7, 11) is 0. The van der Waals surface area contributed by atoms with E-state index in [-0.39, 0.29) is 11.4 Å². The SMILES string of the molecule is Nc1cnoc1-c1ccc(C(F)(F)F)s1. The maximum Gasteiger partial charge on any atom is 0.425 e. The van der Waals surface area contributed by atoms with Gasteiger partial charge in [0.15, 0.2) is 5.76 Å². The predicted octanol–water partition coefficient (Wildman–Crippen LogP) is 3.00. The number of anilines is 1. The van der Waals surface area contributed by atoms with Crippen LogP contribution in [0.2, 0.25) is 0 Å². The van der Waals surface area contributed by atoms with Crippen molar-refractivity contribution >= 4 is 17.0 Å². The Morgan fingerprint density at radius 3 is 2.53 bits per heavy atom. The van der Waals surface area contributed by atoms with Gasteiger partial charge in [0, 0.05) is 0 Å². The van der Waals surface area contributed by atoms with Gasteiger partial charge in [0.25, 0.3) is 0 Å². The third-order valence-electron chi connectivity index (χ3n) is 1.71. The molecule has 3 nitrogen and oxygen atoms in total. The van der Waals surface area contributed by atoms with Gasteiger partial charge in [-0.2, -0.15) is 13.2 Å². The Morgan fingerprint density at radius 2 is 2.07 bits per heavy atom. The molecule has 0 unspecified atom stereocenters. The second-order valence-corrected chi connectivity index (χ2v) is 3.86. The molecule has 2 N–H and O–H groups in total. The van der Waals surface area contributed by atoms with Gasteiger partial charge < -0.3 is 10.3 Å². The Balaban J connectivity index is 2.41. The summed E-state index contributed by atoms with van der Waals surface area (Å²) in [6.45, 7) is 0. The number of rotatable bonds is 1. The zero-order valence-corrected chi connectivity index (χ0v) is 8.02. The van der Waals surface area contributed by atoms with E-state index < -0.39 is 11.1 Å². The normalized spacial score (nSPS) is 11.9. The van der Waals surface area contributed by atoms with E-state index in [9.17, 15) is 13.2 Å². The highest BCUT2D eigenvalue weighted by molar-refractivity contribution is 7.15. The molecule has 0 aliphatic rings. The van der Waals surface area contributed by atoms with Crippen molar-refractivity contribution in [2.75, 3.05) is 5.73 Å². The molecule has 0 radical (unpaired) electrons. The Labute approximate surface area is 86.3 Å². The van der Waals surface area contributed by atoms with E-state index in [2.05, 4.69) is 5.16 Å². The van der Waals surface area contributed by atoms with Crippen LogP contribution in [0.25, 0.3) is 10.6 Å². The van der Waals surface area contributed by atoms with Gasteiger partial charge >= 0.3 is 6.18 Å². The van der Waals surface area contributed by atoms with Crippen LogP contribution in [0.3, 0.4) is 0 Å². The predicted molar refractivity (Wildman–Crippen MR) is 49.2 cm³/mol. The smallest absolute Gasteiger partial charge is 0.394 e. The molecule has 0 saturated carbocycles. The number of nitrogens with zero attached hydrogens (tertiary/aromatic N) is 1. The van der Waals surface area contributed by atoms with Crippen LogP contribution < -0.4 is 5.73 Å². The summed E-state index contributed by atoms with van der Waals surface area (Å²) in [5.41, 5.74) is 5.69. The van der Waals surface area contributed by atoms with Crippen molar-refractivity contribution in [2.45, 2.75) is 6.18 Å². The topological polar surface area (TPSA) is 52.0 Å². The standard InChI is InChI=1S/C8H5F3N2OS/c9-8(10,11)6-2-1-5(15-6)7-4(12)3-13-14-7/h1-3H,12H2. The summed E-state index contributed by atoms with van der Waals surface area (Å²) in [5.74, 6) is 0.176. The Hall–Kier alpha value is -1.50. The summed E-state index contributed by atoms with van der Waals surface area (Å²) in [6.07, 6.45) is -3.08. The van der Waals surface area contributed by atoms with Crippen LogP contribution in [0.1, 0.15) is 4.88 Å². The molecule has 0 bridgehead atoms. The third-order valence-corrected chi connectivity index (χ3v) is 2.84. The molecule has 0 atom stereocenters. The minimum absolute atomic E-state index is 0.176. The summed E-state index contributed by atoms with van der Waals surface area (Å²) in [4.78, 5) is -0.370. The number of nitrogen functional groups attached to an aromatic ring is 1. The van der Waals surface area contributed by atoms with Crippen LogP contribution in [0, 0.1) is 0 Å². The summed E-state index contributed by atoms with van der Waals surface area (Å²) in [6, 6.07) is 2.30. The molecule has 0 aliphatic carbocycles. The first-order valence-electron chi connectivity index (χ1n) is 3.86. The molecule has 15 heavy (non-hydrogen) atoms. The molecule has 2 heterocycles. The highest BCUT2D eigenvalue weighted by Gasteiger charge is 2.33. The van der Waals surface area contributed by atoms with Crippen molar-refractivity contribution in [1.82, 2.24) is 5.16 Å². The molecule has 2 aromatic heterocycles. The third kappa shape index (κ3) is 1.82. The molecule has 0 amide bonds. The van der Waals surface area contributed by atoms with Crippen molar-refractivity contribution in [2.24, 2.45) is 0 Å². The van der Waals surface area contributed by atoms with Gasteiger partial charge in [0.05, 0.1) is 11.1 Å². The molecule has 0 aromatic carbocycles. The monoisotopic (exact) mass is 234 g/mol. The first-order valence-corrected chi connectivity index (χ1v) is 4.67. The first-order chi connectivity index (χ1) is 6.98. The van der Waals surface area contributed by atoms with E-state index in [0.717, 1.165) is 6.07 Å². The number of thiophene rings is 1. The van der Waals surface area contributed by atoms with Gasteiger partial charge in [0.2, 0.25) is 0 Å². The van der Waals surface area contributed by atoms with E-state index in [1.807, 2.05) is 0 Å². The molecule has 2 aromatic rings. The van der Waals surface area contributed by atoms with Crippen molar-refractivity contribution < 1.29 is 17.7 Å². The highest BCUT2D eigenvalue weighted by atomic mass is 32.1. The van der Waals surface area contributed by atoms with Crippen LogP contribution in [0.5, 0.6) is 0 Å². The van der Waals surface area contributed by atoms with Gasteiger partial charge in [-0.25, -0.2) is 0 Å². The fraction of sp³-hybridized carbons (Fsp3) is 0.125. The van der Waals surface area contributed by atoms with Crippen LogP contribution in [-0.2, 0) is 6.18 Å². The lowest BCUT2D eigenvalue weighted by atomic mass is 10.3. The number of nitrogens with two attached hydrogens (primary N) is 1. The summed E-state index contributed by atoms with van der Waals surface area (Å²) < 4.78 is 41.6. The van der Waals surface area contributed by atoms with E-state index in [1.165, 1.54) is 12.3 Å². The second kappa shape index (κ2) is 3.27. The minimum atomic E-state index is -4.34. The largest absolute Gasteiger partial charge is 0.425 e. The van der Waals surface area contributed by atoms with Gasteiger partial charge in [-0.15, -0.1) is 11.3 Å². The lowest BCUT2D eigenvalue weighted by Crippen LogP contribution is -2.00.